The molecule has 0 amide bonds. The van der Waals surface area contributed by atoms with Crippen molar-refractivity contribution in [1.29, 1.82) is 5.26 Å². The van der Waals surface area contributed by atoms with Crippen molar-refractivity contribution in [2.75, 3.05) is 37.7 Å². The average molecular weight is 495 g/mol. The molecule has 1 saturated heterocycles. The number of likely N-dealkylation sites (tertiary alicyclic amines) is 1. The molecule has 0 saturated carbocycles. The van der Waals surface area contributed by atoms with Gasteiger partial charge in [0.15, 0.2) is 17.4 Å². The van der Waals surface area contributed by atoms with Gasteiger partial charge in [-0.2, -0.15) is 5.26 Å². The SMILES string of the molecule is N#Cc1cnc2c(N3CCc4c(-c5cccc(OCCCN6CCCC6)c5F)cccc43)ncnc2c1. The maximum Gasteiger partial charge on any atom is 0.172 e. The van der Waals surface area contributed by atoms with Gasteiger partial charge in [0.1, 0.15) is 17.9 Å². The maximum absolute atomic E-state index is 15.6. The third kappa shape index (κ3) is 4.47. The van der Waals surface area contributed by atoms with Crippen LogP contribution in [0, 0.1) is 17.1 Å². The number of pyridine rings is 1. The molecule has 0 radical (unpaired) electrons. The monoisotopic (exact) mass is 494 g/mol. The standard InChI is InChI=1S/C29H27FN6O/c30-27-23(7-4-9-26(27)37-15-5-13-35-11-1-2-12-35)21-6-3-8-25-22(21)10-14-36(25)29-28-24(33-19-34-29)16-20(17-31)18-32-28/h3-4,6-9,16,18-19H,1-2,5,10-15H2. The Morgan fingerprint density at radius 2 is 1.84 bits per heavy atom. The molecular weight excluding hydrogens is 467 g/mol. The summed E-state index contributed by atoms with van der Waals surface area (Å²) in [6.45, 7) is 4.49. The van der Waals surface area contributed by atoms with E-state index in [1.54, 1.807) is 12.1 Å². The van der Waals surface area contributed by atoms with Crippen LogP contribution in [0.1, 0.15) is 30.4 Å². The summed E-state index contributed by atoms with van der Waals surface area (Å²) in [5, 5.41) is 9.21. The minimum atomic E-state index is -0.325. The Kier molecular flexibility index (Phi) is 6.37. The summed E-state index contributed by atoms with van der Waals surface area (Å²) in [5.74, 6) is 0.653. The number of nitriles is 1. The molecule has 2 aliphatic rings. The maximum atomic E-state index is 15.6. The quantitative estimate of drug-likeness (QED) is 0.324. The van der Waals surface area contributed by atoms with Crippen LogP contribution in [0.4, 0.5) is 15.9 Å². The van der Waals surface area contributed by atoms with Crippen LogP contribution < -0.4 is 9.64 Å². The summed E-state index contributed by atoms with van der Waals surface area (Å²) < 4.78 is 21.5. The molecule has 6 rings (SSSR count). The van der Waals surface area contributed by atoms with Crippen LogP contribution in [0.15, 0.2) is 55.0 Å². The van der Waals surface area contributed by atoms with Crippen molar-refractivity contribution in [1.82, 2.24) is 19.9 Å². The Hall–Kier alpha value is -4.09. The minimum Gasteiger partial charge on any atom is -0.490 e. The normalized spacial score (nSPS) is 15.2. The number of halogens is 1. The van der Waals surface area contributed by atoms with Crippen molar-refractivity contribution in [3.63, 3.8) is 0 Å². The van der Waals surface area contributed by atoms with Gasteiger partial charge < -0.3 is 14.5 Å². The van der Waals surface area contributed by atoms with E-state index in [1.165, 1.54) is 25.4 Å². The van der Waals surface area contributed by atoms with Gasteiger partial charge in [-0.05, 0) is 68.1 Å². The summed E-state index contributed by atoms with van der Waals surface area (Å²) in [7, 11) is 0. The van der Waals surface area contributed by atoms with Crippen LogP contribution in [-0.4, -0.2) is 52.6 Å². The van der Waals surface area contributed by atoms with Gasteiger partial charge in [-0.1, -0.05) is 24.3 Å². The molecule has 0 aliphatic carbocycles. The highest BCUT2D eigenvalue weighted by Crippen LogP contribution is 2.42. The summed E-state index contributed by atoms with van der Waals surface area (Å²) in [5.41, 5.74) is 5.14. The van der Waals surface area contributed by atoms with Crippen LogP contribution >= 0.6 is 0 Å². The van der Waals surface area contributed by atoms with E-state index in [9.17, 15) is 5.26 Å². The zero-order chi connectivity index (χ0) is 25.2. The van der Waals surface area contributed by atoms with E-state index < -0.39 is 0 Å². The van der Waals surface area contributed by atoms with Gasteiger partial charge in [-0.25, -0.2) is 19.3 Å². The van der Waals surface area contributed by atoms with Crippen LogP contribution in [-0.2, 0) is 6.42 Å². The molecule has 1 fully saturated rings. The number of benzene rings is 2. The van der Waals surface area contributed by atoms with Gasteiger partial charge in [-0.15, -0.1) is 0 Å². The summed E-state index contributed by atoms with van der Waals surface area (Å²) in [6.07, 6.45) is 7.19. The van der Waals surface area contributed by atoms with E-state index in [4.69, 9.17) is 4.74 Å². The summed E-state index contributed by atoms with van der Waals surface area (Å²) >= 11 is 0. The molecule has 2 aliphatic heterocycles. The lowest BCUT2D eigenvalue weighted by molar-refractivity contribution is 0.256. The second kappa shape index (κ2) is 10.1. The van der Waals surface area contributed by atoms with Crippen LogP contribution in [0.5, 0.6) is 5.75 Å². The third-order valence-electron chi connectivity index (χ3n) is 7.20. The van der Waals surface area contributed by atoms with Gasteiger partial charge in [0, 0.05) is 30.5 Å². The lowest BCUT2D eigenvalue weighted by atomic mass is 9.97. The zero-order valence-corrected chi connectivity index (χ0v) is 20.5. The number of anilines is 2. The molecule has 0 atom stereocenters. The van der Waals surface area contributed by atoms with E-state index in [0.717, 1.165) is 49.3 Å². The van der Waals surface area contributed by atoms with Gasteiger partial charge in [0.05, 0.1) is 17.7 Å². The van der Waals surface area contributed by atoms with Crippen LogP contribution in [0.2, 0.25) is 0 Å². The predicted molar refractivity (Wildman–Crippen MR) is 140 cm³/mol. The van der Waals surface area contributed by atoms with Crippen molar-refractivity contribution in [3.05, 3.63) is 71.9 Å². The number of nitrogens with zero attached hydrogens (tertiary/aromatic N) is 6. The second-order valence-corrected chi connectivity index (χ2v) is 9.47. The molecule has 8 heteroatoms. The molecule has 0 spiro atoms. The first kappa shape index (κ1) is 23.3. The first-order valence-electron chi connectivity index (χ1n) is 12.8. The third-order valence-corrected chi connectivity index (χ3v) is 7.20. The first-order chi connectivity index (χ1) is 18.2. The fraction of sp³-hybridized carbons (Fsp3) is 0.310. The summed E-state index contributed by atoms with van der Waals surface area (Å²) in [4.78, 5) is 17.8. The number of hydrogen-bond donors (Lipinski definition) is 0. The van der Waals surface area contributed by atoms with Gasteiger partial charge in [0.2, 0.25) is 0 Å². The molecular formula is C29H27FN6O. The first-order valence-corrected chi connectivity index (χ1v) is 12.8. The molecule has 37 heavy (non-hydrogen) atoms. The molecule has 2 aromatic carbocycles. The van der Waals surface area contributed by atoms with Crippen molar-refractivity contribution in [3.8, 4) is 22.9 Å². The minimum absolute atomic E-state index is 0.297. The molecule has 186 valence electrons. The number of hydrogen-bond acceptors (Lipinski definition) is 7. The van der Waals surface area contributed by atoms with Crippen molar-refractivity contribution in [2.24, 2.45) is 0 Å². The predicted octanol–water partition coefficient (Wildman–Crippen LogP) is 5.26. The molecule has 4 aromatic rings. The Bertz CT molecular complexity index is 1490. The number of ether oxygens (including phenoxy) is 1. The highest BCUT2D eigenvalue weighted by atomic mass is 19.1. The fourth-order valence-electron chi connectivity index (χ4n) is 5.40. The van der Waals surface area contributed by atoms with Crippen molar-refractivity contribution >= 4 is 22.5 Å². The molecule has 0 N–H and O–H groups in total. The topological polar surface area (TPSA) is 78.2 Å². The highest BCUT2D eigenvalue weighted by molar-refractivity contribution is 5.91. The lowest BCUT2D eigenvalue weighted by Crippen LogP contribution is -2.22. The van der Waals surface area contributed by atoms with Gasteiger partial charge in [-0.3, -0.25) is 0 Å². The van der Waals surface area contributed by atoms with Crippen LogP contribution in [0.25, 0.3) is 22.2 Å². The van der Waals surface area contributed by atoms with E-state index in [-0.39, 0.29) is 5.82 Å². The lowest BCUT2D eigenvalue weighted by Gasteiger charge is -2.20. The number of fused-ring (bicyclic) bond motifs is 2. The summed E-state index contributed by atoms with van der Waals surface area (Å²) in [6, 6.07) is 15.1. The molecule has 7 nitrogen and oxygen atoms in total. The van der Waals surface area contributed by atoms with E-state index in [0.29, 0.717) is 46.9 Å². The van der Waals surface area contributed by atoms with Crippen LogP contribution in [0.3, 0.4) is 0 Å². The van der Waals surface area contributed by atoms with Gasteiger partial charge in [0.25, 0.3) is 0 Å². The molecule has 2 aromatic heterocycles. The number of aromatic nitrogens is 3. The number of rotatable bonds is 7. The second-order valence-electron chi connectivity index (χ2n) is 9.47. The highest BCUT2D eigenvalue weighted by Gasteiger charge is 2.27. The molecule has 0 bridgehead atoms. The molecule has 4 heterocycles. The van der Waals surface area contributed by atoms with E-state index in [1.807, 2.05) is 30.3 Å². The average Bonchev–Trinajstić information content (AvgIpc) is 3.61. The fourth-order valence-corrected chi connectivity index (χ4v) is 5.40. The van der Waals surface area contributed by atoms with Gasteiger partial charge >= 0.3 is 0 Å². The Morgan fingerprint density at radius 3 is 2.70 bits per heavy atom. The smallest absolute Gasteiger partial charge is 0.172 e. The van der Waals surface area contributed by atoms with E-state index >= 15 is 4.39 Å². The molecule has 0 unspecified atom stereocenters. The van der Waals surface area contributed by atoms with E-state index in [2.05, 4.69) is 30.8 Å². The van der Waals surface area contributed by atoms with Crippen molar-refractivity contribution in [2.45, 2.75) is 25.7 Å². The Labute approximate surface area is 215 Å². The van der Waals surface area contributed by atoms with Crippen molar-refractivity contribution < 1.29 is 9.13 Å². The Balaban J connectivity index is 1.27. The Morgan fingerprint density at radius 1 is 1.00 bits per heavy atom. The zero-order valence-electron chi connectivity index (χ0n) is 20.5. The largest absolute Gasteiger partial charge is 0.490 e.